The van der Waals surface area contributed by atoms with Crippen molar-refractivity contribution in [1.29, 1.82) is 0 Å². The number of aryl methyl sites for hydroxylation is 1. The Bertz CT molecular complexity index is 568. The summed E-state index contributed by atoms with van der Waals surface area (Å²) in [6, 6.07) is 1.96. The third-order valence-corrected chi connectivity index (χ3v) is 4.07. The lowest BCUT2D eigenvalue weighted by atomic mass is 9.97. The van der Waals surface area contributed by atoms with E-state index in [1.54, 1.807) is 11.3 Å². The second-order valence-corrected chi connectivity index (χ2v) is 5.76. The molecule has 0 radical (unpaired) electrons. The highest BCUT2D eigenvalue weighted by atomic mass is 32.1. The Morgan fingerprint density at radius 2 is 2.35 bits per heavy atom. The number of fused-ring (bicyclic) bond motifs is 1. The molecule has 2 aromatic heterocycles. The Kier molecular flexibility index (Phi) is 2.59. The molecule has 2 heterocycles. The van der Waals surface area contributed by atoms with Crippen LogP contribution < -0.4 is 0 Å². The van der Waals surface area contributed by atoms with Gasteiger partial charge in [-0.2, -0.15) is 0 Å². The van der Waals surface area contributed by atoms with E-state index in [0.717, 1.165) is 30.0 Å². The first-order valence-electron chi connectivity index (χ1n) is 5.86. The first-order valence-corrected chi connectivity index (χ1v) is 6.68. The Hall–Kier alpha value is -1.42. The molecule has 1 aliphatic rings. The zero-order valence-electron chi connectivity index (χ0n) is 9.77. The minimum atomic E-state index is 0.292. The van der Waals surface area contributed by atoms with E-state index in [4.69, 9.17) is 0 Å². The lowest BCUT2D eigenvalue weighted by Gasteiger charge is -2.14. The zero-order chi connectivity index (χ0) is 11.8. The molecule has 0 unspecified atom stereocenters. The lowest BCUT2D eigenvalue weighted by molar-refractivity contribution is 0.0972. The van der Waals surface area contributed by atoms with Crippen LogP contribution in [0.3, 0.4) is 0 Å². The number of aromatic nitrogens is 2. The van der Waals surface area contributed by atoms with Crippen molar-refractivity contribution < 1.29 is 4.79 Å². The Labute approximate surface area is 104 Å². The summed E-state index contributed by atoms with van der Waals surface area (Å²) in [5.74, 6) is 0.292. The summed E-state index contributed by atoms with van der Waals surface area (Å²) in [4.78, 5) is 17.3. The molecule has 3 nitrogen and oxygen atoms in total. The van der Waals surface area contributed by atoms with E-state index in [-0.39, 0.29) is 0 Å². The van der Waals surface area contributed by atoms with Crippen LogP contribution in [0.5, 0.6) is 0 Å². The van der Waals surface area contributed by atoms with Gasteiger partial charge in [-0.05, 0) is 25.8 Å². The van der Waals surface area contributed by atoms with Crippen molar-refractivity contribution in [3.8, 4) is 0 Å². The molecule has 4 heteroatoms. The molecule has 0 spiro atoms. The highest BCUT2D eigenvalue weighted by molar-refractivity contribution is 7.11. The third-order valence-electron chi connectivity index (χ3n) is 3.17. The molecule has 3 rings (SSSR count). The first kappa shape index (κ1) is 10.7. The van der Waals surface area contributed by atoms with Gasteiger partial charge in [-0.3, -0.25) is 4.79 Å². The van der Waals surface area contributed by atoms with Gasteiger partial charge in [0.05, 0.1) is 6.54 Å². The summed E-state index contributed by atoms with van der Waals surface area (Å²) in [5, 5.41) is 1.11. The van der Waals surface area contributed by atoms with Crippen LogP contribution in [0.25, 0.3) is 0 Å². The van der Waals surface area contributed by atoms with Crippen LogP contribution in [0.15, 0.2) is 18.5 Å². The summed E-state index contributed by atoms with van der Waals surface area (Å²) in [6.45, 7) is 2.86. The van der Waals surface area contributed by atoms with Gasteiger partial charge in [0.1, 0.15) is 5.01 Å². The van der Waals surface area contributed by atoms with Gasteiger partial charge >= 0.3 is 0 Å². The molecule has 1 aliphatic carbocycles. The Balaban J connectivity index is 1.91. The third kappa shape index (κ3) is 1.93. The van der Waals surface area contributed by atoms with Crippen LogP contribution in [-0.4, -0.2) is 15.3 Å². The van der Waals surface area contributed by atoms with Gasteiger partial charge in [0.25, 0.3) is 0 Å². The number of ketones is 1. The SMILES string of the molecule is Cc1cnc(Cn2ccc3c2CCCC3=O)s1. The maximum absolute atomic E-state index is 11.7. The maximum atomic E-state index is 11.7. The van der Waals surface area contributed by atoms with Crippen LogP contribution in [0.2, 0.25) is 0 Å². The van der Waals surface area contributed by atoms with Crippen LogP contribution in [0.4, 0.5) is 0 Å². The van der Waals surface area contributed by atoms with Crippen molar-refractivity contribution in [2.45, 2.75) is 32.7 Å². The van der Waals surface area contributed by atoms with Crippen LogP contribution in [-0.2, 0) is 13.0 Å². The average Bonchev–Trinajstić information content (AvgIpc) is 2.88. The second kappa shape index (κ2) is 4.11. The summed E-state index contributed by atoms with van der Waals surface area (Å²) in [7, 11) is 0. The molecule has 0 saturated heterocycles. The van der Waals surface area contributed by atoms with Crippen LogP contribution in [0, 0.1) is 6.92 Å². The Morgan fingerprint density at radius 1 is 1.47 bits per heavy atom. The van der Waals surface area contributed by atoms with Crippen molar-refractivity contribution in [2.75, 3.05) is 0 Å². The molecular weight excluding hydrogens is 232 g/mol. The quantitative estimate of drug-likeness (QED) is 0.816. The average molecular weight is 246 g/mol. The van der Waals surface area contributed by atoms with Gasteiger partial charge in [0, 0.05) is 34.9 Å². The fourth-order valence-electron chi connectivity index (χ4n) is 2.36. The topological polar surface area (TPSA) is 34.9 Å². The summed E-state index contributed by atoms with van der Waals surface area (Å²) in [5.41, 5.74) is 2.11. The number of nitrogens with zero attached hydrogens (tertiary/aromatic N) is 2. The van der Waals surface area contributed by atoms with E-state index < -0.39 is 0 Å². The molecule has 17 heavy (non-hydrogen) atoms. The van der Waals surface area contributed by atoms with E-state index >= 15 is 0 Å². The highest BCUT2D eigenvalue weighted by Crippen LogP contribution is 2.23. The maximum Gasteiger partial charge on any atom is 0.164 e. The van der Waals surface area contributed by atoms with Gasteiger partial charge in [-0.15, -0.1) is 11.3 Å². The standard InChI is InChI=1S/C13H14N2OS/c1-9-7-14-13(17-9)8-15-6-5-10-11(15)3-2-4-12(10)16/h5-7H,2-4,8H2,1H3. The minimum absolute atomic E-state index is 0.292. The zero-order valence-corrected chi connectivity index (χ0v) is 10.6. The van der Waals surface area contributed by atoms with Crippen LogP contribution in [0.1, 0.15) is 38.8 Å². The normalized spacial score (nSPS) is 15.0. The number of hydrogen-bond acceptors (Lipinski definition) is 3. The molecule has 0 aromatic carbocycles. The second-order valence-electron chi connectivity index (χ2n) is 4.45. The molecule has 0 saturated carbocycles. The van der Waals surface area contributed by atoms with Gasteiger partial charge in [0.15, 0.2) is 5.78 Å². The van der Waals surface area contributed by atoms with Crippen molar-refractivity contribution in [3.63, 3.8) is 0 Å². The minimum Gasteiger partial charge on any atom is -0.344 e. The van der Waals surface area contributed by atoms with Gasteiger partial charge in [-0.1, -0.05) is 0 Å². The fraction of sp³-hybridized carbons (Fsp3) is 0.385. The Morgan fingerprint density at radius 3 is 3.12 bits per heavy atom. The van der Waals surface area contributed by atoms with Crippen molar-refractivity contribution >= 4 is 17.1 Å². The van der Waals surface area contributed by atoms with Crippen LogP contribution >= 0.6 is 11.3 Å². The number of thiazole rings is 1. The summed E-state index contributed by atoms with van der Waals surface area (Å²) < 4.78 is 2.17. The van der Waals surface area contributed by atoms with Crippen molar-refractivity contribution in [2.24, 2.45) is 0 Å². The first-order chi connectivity index (χ1) is 8.24. The van der Waals surface area contributed by atoms with E-state index in [2.05, 4.69) is 16.5 Å². The van der Waals surface area contributed by atoms with Gasteiger partial charge in [0.2, 0.25) is 0 Å². The summed E-state index contributed by atoms with van der Waals surface area (Å²) in [6.07, 6.45) is 6.62. The van der Waals surface area contributed by atoms with E-state index in [1.807, 2.05) is 18.5 Å². The monoisotopic (exact) mass is 246 g/mol. The van der Waals surface area contributed by atoms with E-state index in [1.165, 1.54) is 10.6 Å². The van der Waals surface area contributed by atoms with E-state index in [9.17, 15) is 4.79 Å². The molecule has 0 amide bonds. The van der Waals surface area contributed by atoms with Gasteiger partial charge in [-0.25, -0.2) is 4.98 Å². The molecule has 88 valence electrons. The summed E-state index contributed by atoms with van der Waals surface area (Å²) >= 11 is 1.72. The molecule has 0 atom stereocenters. The molecular formula is C13H14N2OS. The fourth-order valence-corrected chi connectivity index (χ4v) is 3.14. The molecule has 0 fully saturated rings. The molecule has 0 bridgehead atoms. The smallest absolute Gasteiger partial charge is 0.164 e. The van der Waals surface area contributed by atoms with Crippen molar-refractivity contribution in [1.82, 2.24) is 9.55 Å². The number of Topliss-reactive ketones (excluding diaryl/α,β-unsaturated/α-hetero) is 1. The van der Waals surface area contributed by atoms with Crippen molar-refractivity contribution in [3.05, 3.63) is 39.6 Å². The van der Waals surface area contributed by atoms with E-state index in [0.29, 0.717) is 12.2 Å². The highest BCUT2D eigenvalue weighted by Gasteiger charge is 2.20. The predicted molar refractivity (Wildman–Crippen MR) is 67.7 cm³/mol. The number of carbonyl (C=O) groups excluding carboxylic acids is 1. The number of carbonyl (C=O) groups is 1. The molecule has 0 aliphatic heterocycles. The predicted octanol–water partition coefficient (Wildman–Crippen LogP) is 2.82. The number of hydrogen-bond donors (Lipinski definition) is 0. The largest absolute Gasteiger partial charge is 0.344 e. The molecule has 2 aromatic rings. The lowest BCUT2D eigenvalue weighted by Crippen LogP contribution is -2.13. The van der Waals surface area contributed by atoms with Gasteiger partial charge < -0.3 is 4.57 Å². The molecule has 0 N–H and O–H groups in total. The number of rotatable bonds is 2.